The fourth-order valence-corrected chi connectivity index (χ4v) is 5.67. The highest BCUT2D eigenvalue weighted by Gasteiger charge is 2.21. The first-order valence-electron chi connectivity index (χ1n) is 12.1. The molecule has 168 valence electrons. The number of fused-ring (bicyclic) bond motifs is 9. The van der Waals surface area contributed by atoms with Gasteiger partial charge in [0.15, 0.2) is 0 Å². The molecule has 4 heterocycles. The van der Waals surface area contributed by atoms with Crippen molar-refractivity contribution in [1.29, 1.82) is 0 Å². The number of nitrogens with zero attached hydrogens (tertiary/aromatic N) is 4. The quantitative estimate of drug-likeness (QED) is 0.264. The lowest BCUT2D eigenvalue weighted by Gasteiger charge is -2.11. The second-order valence-corrected chi connectivity index (χ2v) is 9.11. The zero-order valence-corrected chi connectivity index (χ0v) is 19.3. The third-order valence-corrected chi connectivity index (χ3v) is 7.17. The van der Waals surface area contributed by atoms with E-state index in [1.807, 2.05) is 18.5 Å². The van der Waals surface area contributed by atoms with Crippen molar-refractivity contribution in [2.75, 3.05) is 0 Å². The van der Waals surface area contributed by atoms with Crippen molar-refractivity contribution in [2.24, 2.45) is 0 Å². The lowest BCUT2D eigenvalue weighted by Crippen LogP contribution is -1.97. The van der Waals surface area contributed by atoms with E-state index < -0.39 is 0 Å². The highest BCUT2D eigenvalue weighted by molar-refractivity contribution is 6.23. The second kappa shape index (κ2) is 7.27. The SMILES string of the molecule is c1ccc(-n2c3ccccc3c3cnc4c(cnc5c6ccccc6n(-c6ccccc6)c54)c32)cc1. The molecule has 0 saturated carbocycles. The standard InChI is InChI=1S/C32H20N4/c1-3-11-21(12-4-1)35-27-17-9-7-15-23(27)25-19-33-30-26(31(25)35)20-34-29-24-16-8-10-18-28(24)36(32(29)30)22-13-5-2-6-14-22/h1-20H. The average molecular weight is 461 g/mol. The number of hydrogen-bond acceptors (Lipinski definition) is 2. The minimum Gasteiger partial charge on any atom is -0.308 e. The molecule has 0 bridgehead atoms. The molecule has 4 heteroatoms. The van der Waals surface area contributed by atoms with E-state index >= 15 is 0 Å². The molecule has 0 unspecified atom stereocenters. The van der Waals surface area contributed by atoms with Gasteiger partial charge in [-0.1, -0.05) is 72.8 Å². The van der Waals surface area contributed by atoms with E-state index in [9.17, 15) is 0 Å². The Balaban J connectivity index is 1.62. The van der Waals surface area contributed by atoms with Crippen LogP contribution in [0.2, 0.25) is 0 Å². The fourth-order valence-electron chi connectivity index (χ4n) is 5.67. The van der Waals surface area contributed by atoms with Gasteiger partial charge in [-0.15, -0.1) is 0 Å². The molecule has 0 radical (unpaired) electrons. The second-order valence-electron chi connectivity index (χ2n) is 9.11. The van der Waals surface area contributed by atoms with E-state index in [1.54, 1.807) is 0 Å². The van der Waals surface area contributed by atoms with Gasteiger partial charge in [-0.05, 0) is 36.4 Å². The monoisotopic (exact) mass is 460 g/mol. The minimum absolute atomic E-state index is 0.951. The number of benzene rings is 4. The maximum atomic E-state index is 5.10. The van der Waals surface area contributed by atoms with Crippen LogP contribution in [0.5, 0.6) is 0 Å². The van der Waals surface area contributed by atoms with Crippen molar-refractivity contribution in [1.82, 2.24) is 19.1 Å². The Morgan fingerprint density at radius 2 is 0.861 bits per heavy atom. The van der Waals surface area contributed by atoms with E-state index in [2.05, 4.69) is 112 Å². The van der Waals surface area contributed by atoms with Gasteiger partial charge in [-0.2, -0.15) is 0 Å². The summed E-state index contributed by atoms with van der Waals surface area (Å²) < 4.78 is 4.64. The topological polar surface area (TPSA) is 35.6 Å². The predicted molar refractivity (Wildman–Crippen MR) is 148 cm³/mol. The summed E-state index contributed by atoms with van der Waals surface area (Å²) in [7, 11) is 0. The number of aromatic nitrogens is 4. The zero-order valence-electron chi connectivity index (χ0n) is 19.3. The Hall–Kier alpha value is -4.96. The Morgan fingerprint density at radius 3 is 1.53 bits per heavy atom. The van der Waals surface area contributed by atoms with Gasteiger partial charge in [-0.3, -0.25) is 9.97 Å². The van der Waals surface area contributed by atoms with Crippen LogP contribution in [-0.4, -0.2) is 19.1 Å². The number of rotatable bonds is 2. The lowest BCUT2D eigenvalue weighted by molar-refractivity contribution is 1.17. The van der Waals surface area contributed by atoms with E-state index in [-0.39, 0.29) is 0 Å². The third-order valence-electron chi connectivity index (χ3n) is 7.17. The van der Waals surface area contributed by atoms with Gasteiger partial charge >= 0.3 is 0 Å². The molecular weight excluding hydrogens is 440 g/mol. The van der Waals surface area contributed by atoms with Crippen molar-refractivity contribution in [3.63, 3.8) is 0 Å². The highest BCUT2D eigenvalue weighted by Crippen LogP contribution is 2.39. The van der Waals surface area contributed by atoms with E-state index in [4.69, 9.17) is 9.97 Å². The van der Waals surface area contributed by atoms with Gasteiger partial charge < -0.3 is 9.13 Å². The maximum absolute atomic E-state index is 5.10. The molecule has 0 saturated heterocycles. The van der Waals surface area contributed by atoms with E-state index in [0.29, 0.717) is 0 Å². The van der Waals surface area contributed by atoms with E-state index in [1.165, 1.54) is 5.39 Å². The molecule has 0 aliphatic rings. The van der Waals surface area contributed by atoms with Crippen LogP contribution < -0.4 is 0 Å². The van der Waals surface area contributed by atoms with E-state index in [0.717, 1.165) is 60.6 Å². The van der Waals surface area contributed by atoms with Gasteiger partial charge in [0.1, 0.15) is 5.52 Å². The summed E-state index contributed by atoms with van der Waals surface area (Å²) in [6.45, 7) is 0. The Bertz CT molecular complexity index is 1930. The van der Waals surface area contributed by atoms with Crippen LogP contribution in [-0.2, 0) is 0 Å². The third kappa shape index (κ3) is 2.53. The van der Waals surface area contributed by atoms with Gasteiger partial charge in [0.05, 0.1) is 27.6 Å². The van der Waals surface area contributed by atoms with Crippen LogP contribution in [0.1, 0.15) is 0 Å². The first-order chi connectivity index (χ1) is 17.9. The molecule has 8 aromatic rings. The molecule has 0 amide bonds. The number of hydrogen-bond donors (Lipinski definition) is 0. The molecular formula is C32H20N4. The molecule has 4 aromatic carbocycles. The minimum atomic E-state index is 0.951. The normalized spacial score (nSPS) is 11.9. The van der Waals surface area contributed by atoms with Crippen LogP contribution in [0.3, 0.4) is 0 Å². The van der Waals surface area contributed by atoms with Gasteiger partial charge in [0.2, 0.25) is 0 Å². The largest absolute Gasteiger partial charge is 0.308 e. The lowest BCUT2D eigenvalue weighted by atomic mass is 10.1. The molecule has 0 spiro atoms. The Morgan fingerprint density at radius 1 is 0.389 bits per heavy atom. The van der Waals surface area contributed by atoms with Crippen LogP contribution in [0.4, 0.5) is 0 Å². The summed E-state index contributed by atoms with van der Waals surface area (Å²) in [6, 6.07) is 38.1. The molecule has 0 aliphatic heterocycles. The summed E-state index contributed by atoms with van der Waals surface area (Å²) in [5, 5.41) is 4.49. The molecule has 0 atom stereocenters. The highest BCUT2D eigenvalue weighted by atomic mass is 15.0. The first kappa shape index (κ1) is 19.4. The fraction of sp³-hybridized carbons (Fsp3) is 0. The van der Waals surface area contributed by atoms with Crippen LogP contribution >= 0.6 is 0 Å². The molecule has 36 heavy (non-hydrogen) atoms. The maximum Gasteiger partial charge on any atom is 0.100 e. The first-order valence-corrected chi connectivity index (χ1v) is 12.1. The predicted octanol–water partition coefficient (Wildman–Crippen LogP) is 7.82. The molecule has 8 rings (SSSR count). The summed E-state index contributed by atoms with van der Waals surface area (Å²) in [6.07, 6.45) is 4.04. The van der Waals surface area contributed by atoms with Crippen LogP contribution in [0.25, 0.3) is 66.0 Å². The average Bonchev–Trinajstić information content (AvgIpc) is 3.47. The van der Waals surface area contributed by atoms with Crippen LogP contribution in [0, 0.1) is 0 Å². The van der Waals surface area contributed by atoms with Gasteiger partial charge in [0, 0.05) is 45.3 Å². The molecule has 4 aromatic heterocycles. The summed E-state index contributed by atoms with van der Waals surface area (Å²) in [4.78, 5) is 10.2. The Kier molecular flexibility index (Phi) is 3.91. The van der Waals surface area contributed by atoms with Crippen molar-refractivity contribution >= 4 is 54.6 Å². The molecule has 0 N–H and O–H groups in total. The summed E-state index contributed by atoms with van der Waals surface area (Å²) in [5.74, 6) is 0. The van der Waals surface area contributed by atoms with Crippen molar-refractivity contribution in [3.05, 3.63) is 122 Å². The van der Waals surface area contributed by atoms with Crippen molar-refractivity contribution in [2.45, 2.75) is 0 Å². The van der Waals surface area contributed by atoms with Crippen molar-refractivity contribution < 1.29 is 0 Å². The van der Waals surface area contributed by atoms with Crippen LogP contribution in [0.15, 0.2) is 122 Å². The van der Waals surface area contributed by atoms with Gasteiger partial charge in [0.25, 0.3) is 0 Å². The zero-order chi connectivity index (χ0) is 23.6. The Labute approximate surface area is 206 Å². The number of pyridine rings is 2. The molecule has 0 fully saturated rings. The van der Waals surface area contributed by atoms with Crippen molar-refractivity contribution in [3.8, 4) is 11.4 Å². The van der Waals surface area contributed by atoms with Gasteiger partial charge in [-0.25, -0.2) is 0 Å². The smallest absolute Gasteiger partial charge is 0.100 e. The summed E-state index contributed by atoms with van der Waals surface area (Å²) >= 11 is 0. The molecule has 0 aliphatic carbocycles. The number of para-hydroxylation sites is 4. The molecule has 4 nitrogen and oxygen atoms in total. The summed E-state index contributed by atoms with van der Waals surface area (Å²) in [5.41, 5.74) is 8.60.